The average molecular weight is 426 g/mol. The normalized spacial score (nSPS) is 21.2. The fraction of sp³-hybridized carbons (Fsp3) is 0.654. The van der Waals surface area contributed by atoms with E-state index in [1.54, 1.807) is 7.05 Å². The predicted octanol–water partition coefficient (Wildman–Crippen LogP) is 4.33. The van der Waals surface area contributed by atoms with Crippen LogP contribution < -0.4 is 5.32 Å². The smallest absolute Gasteiger partial charge is 0.219 e. The van der Waals surface area contributed by atoms with E-state index in [9.17, 15) is 9.90 Å². The van der Waals surface area contributed by atoms with Gasteiger partial charge >= 0.3 is 0 Å². The van der Waals surface area contributed by atoms with Crippen molar-refractivity contribution in [1.29, 1.82) is 0 Å². The van der Waals surface area contributed by atoms with Crippen molar-refractivity contribution < 1.29 is 9.90 Å². The number of likely N-dealkylation sites (tertiary alicyclic amines) is 1. The Kier molecular flexibility index (Phi) is 7.34. The Morgan fingerprint density at radius 3 is 2.90 bits per heavy atom. The molecule has 1 aromatic carbocycles. The number of amides is 1. The lowest BCUT2D eigenvalue weighted by molar-refractivity contribution is -0.120. The van der Waals surface area contributed by atoms with Gasteiger partial charge in [-0.2, -0.15) is 0 Å². The number of nitrogens with zero attached hydrogens (tertiary/aromatic N) is 1. The van der Waals surface area contributed by atoms with E-state index in [2.05, 4.69) is 39.6 Å². The number of aliphatic hydroxyl groups is 1. The fourth-order valence-corrected chi connectivity index (χ4v) is 5.61. The van der Waals surface area contributed by atoms with Crippen LogP contribution >= 0.6 is 0 Å². The van der Waals surface area contributed by atoms with E-state index in [1.165, 1.54) is 54.3 Å². The summed E-state index contributed by atoms with van der Waals surface area (Å²) >= 11 is 0. The van der Waals surface area contributed by atoms with Crippen LogP contribution in [0.1, 0.15) is 75.3 Å². The molecule has 0 spiro atoms. The summed E-state index contributed by atoms with van der Waals surface area (Å²) in [5.74, 6) is 0.146. The van der Waals surface area contributed by atoms with Crippen LogP contribution in [-0.4, -0.2) is 52.7 Å². The Morgan fingerprint density at radius 2 is 2.10 bits per heavy atom. The molecule has 1 saturated heterocycles. The van der Waals surface area contributed by atoms with Crippen molar-refractivity contribution >= 4 is 16.8 Å². The third-order valence-electron chi connectivity index (χ3n) is 7.58. The molecule has 31 heavy (non-hydrogen) atoms. The van der Waals surface area contributed by atoms with E-state index in [0.29, 0.717) is 12.5 Å². The van der Waals surface area contributed by atoms with Crippen molar-refractivity contribution in [2.75, 3.05) is 20.1 Å². The highest BCUT2D eigenvalue weighted by Gasteiger charge is 2.30. The Bertz CT molecular complexity index is 869. The molecule has 3 N–H and O–H groups in total. The number of rotatable bonds is 10. The summed E-state index contributed by atoms with van der Waals surface area (Å²) in [5, 5.41) is 14.8. The quantitative estimate of drug-likeness (QED) is 0.496. The van der Waals surface area contributed by atoms with Crippen LogP contribution in [0, 0.1) is 0 Å². The number of hydrogen-bond donors (Lipinski definition) is 3. The van der Waals surface area contributed by atoms with Crippen molar-refractivity contribution in [3.05, 3.63) is 35.5 Å². The zero-order chi connectivity index (χ0) is 21.7. The Labute approximate surface area is 186 Å². The average Bonchev–Trinajstić information content (AvgIpc) is 3.51. The number of carbonyl (C=O) groups excluding carboxylic acids is 1. The molecule has 1 saturated carbocycles. The van der Waals surface area contributed by atoms with Crippen molar-refractivity contribution in [2.45, 2.75) is 88.7 Å². The SMILES string of the molecule is CNC(=O)CCCCN1CCC[C@@H]1Cc1c[nH]c2ccc(CCC3(O)CCCC3)cc12. The van der Waals surface area contributed by atoms with Gasteiger partial charge in [-0.1, -0.05) is 18.9 Å². The molecule has 2 fully saturated rings. The molecule has 5 nitrogen and oxygen atoms in total. The van der Waals surface area contributed by atoms with Gasteiger partial charge in [0.25, 0.3) is 0 Å². The first-order valence-electron chi connectivity index (χ1n) is 12.3. The molecule has 5 heteroatoms. The third-order valence-corrected chi connectivity index (χ3v) is 7.58. The largest absolute Gasteiger partial charge is 0.390 e. The minimum Gasteiger partial charge on any atom is -0.390 e. The van der Waals surface area contributed by atoms with Crippen molar-refractivity contribution in [3.8, 4) is 0 Å². The number of fused-ring (bicyclic) bond motifs is 1. The Morgan fingerprint density at radius 1 is 1.26 bits per heavy atom. The maximum Gasteiger partial charge on any atom is 0.219 e. The standard InChI is InChI=1S/C26H39N3O2/c1-27-25(30)8-2-5-15-29-16-6-7-22(29)18-21-19-28-24-10-9-20(17-23(21)24)11-14-26(31)12-3-4-13-26/h9-10,17,19,22,28,31H,2-8,11-16,18H2,1H3,(H,27,30)/t22-/m1/s1. The molecule has 1 aliphatic heterocycles. The van der Waals surface area contributed by atoms with E-state index in [1.807, 2.05) is 0 Å². The zero-order valence-electron chi connectivity index (χ0n) is 19.1. The highest BCUT2D eigenvalue weighted by Crippen LogP contribution is 2.34. The molecule has 1 aliphatic carbocycles. The maximum absolute atomic E-state index is 11.4. The second-order valence-electron chi connectivity index (χ2n) is 9.79. The summed E-state index contributed by atoms with van der Waals surface area (Å²) in [6.07, 6.45) is 14.6. The van der Waals surface area contributed by atoms with E-state index in [-0.39, 0.29) is 5.91 Å². The van der Waals surface area contributed by atoms with Gasteiger partial charge in [-0.05, 0) is 94.1 Å². The van der Waals surface area contributed by atoms with Gasteiger partial charge in [0.2, 0.25) is 5.91 Å². The fourth-order valence-electron chi connectivity index (χ4n) is 5.61. The van der Waals surface area contributed by atoms with E-state index in [0.717, 1.165) is 51.5 Å². The van der Waals surface area contributed by atoms with Gasteiger partial charge in [0.05, 0.1) is 5.60 Å². The van der Waals surface area contributed by atoms with Gasteiger partial charge in [0.1, 0.15) is 0 Å². The van der Waals surface area contributed by atoms with Crippen molar-refractivity contribution in [3.63, 3.8) is 0 Å². The van der Waals surface area contributed by atoms with Crippen LogP contribution in [0.4, 0.5) is 0 Å². The molecule has 4 rings (SSSR count). The van der Waals surface area contributed by atoms with Crippen molar-refractivity contribution in [2.24, 2.45) is 0 Å². The predicted molar refractivity (Wildman–Crippen MR) is 126 cm³/mol. The molecule has 2 aromatic rings. The molecule has 2 aliphatic rings. The summed E-state index contributed by atoms with van der Waals surface area (Å²) in [5.41, 5.74) is 3.54. The lowest BCUT2D eigenvalue weighted by Gasteiger charge is -2.24. The number of aromatic amines is 1. The topological polar surface area (TPSA) is 68.4 Å². The Balaban J connectivity index is 1.35. The molecule has 170 valence electrons. The number of unbranched alkanes of at least 4 members (excludes halogenated alkanes) is 1. The number of nitrogens with one attached hydrogen (secondary N) is 2. The van der Waals surface area contributed by atoms with E-state index in [4.69, 9.17) is 0 Å². The number of benzene rings is 1. The van der Waals surface area contributed by atoms with Gasteiger partial charge in [0.15, 0.2) is 0 Å². The molecule has 0 unspecified atom stereocenters. The van der Waals surface area contributed by atoms with Crippen molar-refractivity contribution in [1.82, 2.24) is 15.2 Å². The monoisotopic (exact) mass is 425 g/mol. The lowest BCUT2D eigenvalue weighted by Crippen LogP contribution is -2.32. The number of aryl methyl sites for hydroxylation is 1. The maximum atomic E-state index is 11.4. The van der Waals surface area contributed by atoms with E-state index >= 15 is 0 Å². The summed E-state index contributed by atoms with van der Waals surface area (Å²) < 4.78 is 0. The summed E-state index contributed by atoms with van der Waals surface area (Å²) in [6, 6.07) is 7.37. The van der Waals surface area contributed by atoms with Gasteiger partial charge in [-0.15, -0.1) is 0 Å². The van der Waals surface area contributed by atoms with Gasteiger partial charge in [0, 0.05) is 36.6 Å². The number of carbonyl (C=O) groups is 1. The summed E-state index contributed by atoms with van der Waals surface area (Å²) in [4.78, 5) is 17.5. The molecule has 1 amide bonds. The van der Waals surface area contributed by atoms with Crippen LogP contribution in [0.25, 0.3) is 10.9 Å². The highest BCUT2D eigenvalue weighted by molar-refractivity contribution is 5.84. The highest BCUT2D eigenvalue weighted by atomic mass is 16.3. The first kappa shape index (κ1) is 22.3. The van der Waals surface area contributed by atoms with Crippen LogP contribution in [0.15, 0.2) is 24.4 Å². The second-order valence-corrected chi connectivity index (χ2v) is 9.79. The van der Waals surface area contributed by atoms with Crippen LogP contribution in [-0.2, 0) is 17.6 Å². The first-order valence-corrected chi connectivity index (χ1v) is 12.3. The summed E-state index contributed by atoms with van der Waals surface area (Å²) in [6.45, 7) is 2.27. The van der Waals surface area contributed by atoms with E-state index < -0.39 is 5.60 Å². The molecule has 0 bridgehead atoms. The third kappa shape index (κ3) is 5.69. The number of H-pyrrole nitrogens is 1. The molecule has 1 atom stereocenters. The molecular weight excluding hydrogens is 386 g/mol. The minimum absolute atomic E-state index is 0.146. The van der Waals surface area contributed by atoms with Gasteiger partial charge < -0.3 is 20.3 Å². The number of hydrogen-bond acceptors (Lipinski definition) is 3. The van der Waals surface area contributed by atoms with Gasteiger partial charge in [-0.25, -0.2) is 0 Å². The molecule has 1 aromatic heterocycles. The second kappa shape index (κ2) is 10.2. The molecule has 0 radical (unpaired) electrons. The van der Waals surface area contributed by atoms with Crippen LogP contribution in [0.2, 0.25) is 0 Å². The number of aromatic nitrogens is 1. The Hall–Kier alpha value is -1.85. The molecular formula is C26H39N3O2. The van der Waals surface area contributed by atoms with Crippen LogP contribution in [0.5, 0.6) is 0 Å². The minimum atomic E-state index is -0.432. The van der Waals surface area contributed by atoms with Crippen LogP contribution in [0.3, 0.4) is 0 Å². The lowest BCUT2D eigenvalue weighted by atomic mass is 9.92. The van der Waals surface area contributed by atoms with Gasteiger partial charge in [-0.3, -0.25) is 4.79 Å². The first-order chi connectivity index (χ1) is 15.1. The summed E-state index contributed by atoms with van der Waals surface area (Å²) in [7, 11) is 1.71. The zero-order valence-corrected chi connectivity index (χ0v) is 19.1. The molecule has 2 heterocycles.